The van der Waals surface area contributed by atoms with Crippen molar-refractivity contribution >= 4 is 11.7 Å². The maximum absolute atomic E-state index is 13.3. The number of amides is 1. The van der Waals surface area contributed by atoms with Crippen molar-refractivity contribution in [2.75, 3.05) is 6.54 Å². The topological polar surface area (TPSA) is 55.4 Å². The van der Waals surface area contributed by atoms with Gasteiger partial charge in [-0.05, 0) is 53.4 Å². The Labute approximate surface area is 178 Å². The van der Waals surface area contributed by atoms with Crippen LogP contribution in [0.15, 0.2) is 60.7 Å². The van der Waals surface area contributed by atoms with E-state index in [2.05, 4.69) is 5.32 Å². The Morgan fingerprint density at radius 3 is 2.52 bits per heavy atom. The minimum Gasteiger partial charge on any atom is -0.488 e. The molecule has 31 heavy (non-hydrogen) atoms. The number of benzene rings is 3. The van der Waals surface area contributed by atoms with Crippen LogP contribution >= 0.6 is 0 Å². The monoisotopic (exact) mass is 421 g/mol. The van der Waals surface area contributed by atoms with Crippen LogP contribution in [0.3, 0.4) is 0 Å². The molecule has 1 unspecified atom stereocenters. The molecule has 158 valence electrons. The molecule has 0 saturated carbocycles. The van der Waals surface area contributed by atoms with E-state index in [9.17, 15) is 18.4 Å². The number of halogens is 2. The van der Waals surface area contributed by atoms with Crippen LogP contribution in [0.1, 0.15) is 28.4 Å². The second-order valence-electron chi connectivity index (χ2n) is 7.63. The van der Waals surface area contributed by atoms with Crippen LogP contribution in [0.25, 0.3) is 11.1 Å². The minimum absolute atomic E-state index is 0.00566. The molecule has 1 aliphatic rings. The largest absolute Gasteiger partial charge is 0.488 e. The Balaban J connectivity index is 1.39. The zero-order chi connectivity index (χ0) is 22.0. The summed E-state index contributed by atoms with van der Waals surface area (Å²) in [5.74, 6) is -0.999. The molecule has 4 rings (SSSR count). The van der Waals surface area contributed by atoms with Gasteiger partial charge in [-0.1, -0.05) is 30.3 Å². The summed E-state index contributed by atoms with van der Waals surface area (Å²) in [6.45, 7) is 1.83. The van der Waals surface area contributed by atoms with Gasteiger partial charge >= 0.3 is 0 Å². The van der Waals surface area contributed by atoms with Crippen LogP contribution in [0, 0.1) is 11.6 Å². The van der Waals surface area contributed by atoms with Crippen molar-refractivity contribution in [3.63, 3.8) is 0 Å². The van der Waals surface area contributed by atoms with Gasteiger partial charge in [0.25, 0.3) is 0 Å². The standard InChI is InChI=1S/C25H21F2NO3/c1-15(29)22-4-2-3-5-23(22)17-6-7-24-18(11-17)12-21(31-24)14-28-25(30)10-16-8-19(26)13-20(27)9-16/h2-9,11,13,21H,10,12,14H2,1H3,(H,28,30). The summed E-state index contributed by atoms with van der Waals surface area (Å²) in [5.41, 5.74) is 3.75. The quantitative estimate of drug-likeness (QED) is 0.597. The van der Waals surface area contributed by atoms with E-state index in [4.69, 9.17) is 4.74 Å². The van der Waals surface area contributed by atoms with Crippen molar-refractivity contribution in [3.05, 3.63) is 89.0 Å². The highest BCUT2D eigenvalue weighted by atomic mass is 19.1. The zero-order valence-electron chi connectivity index (χ0n) is 17.0. The number of fused-ring (bicyclic) bond motifs is 1. The van der Waals surface area contributed by atoms with Crippen molar-refractivity contribution in [2.24, 2.45) is 0 Å². The fourth-order valence-electron chi connectivity index (χ4n) is 3.83. The smallest absolute Gasteiger partial charge is 0.224 e. The highest BCUT2D eigenvalue weighted by Gasteiger charge is 2.24. The van der Waals surface area contributed by atoms with E-state index < -0.39 is 11.6 Å². The third-order valence-corrected chi connectivity index (χ3v) is 5.23. The van der Waals surface area contributed by atoms with Gasteiger partial charge in [-0.3, -0.25) is 9.59 Å². The Kier molecular flexibility index (Phi) is 5.80. The Morgan fingerprint density at radius 1 is 1.03 bits per heavy atom. The molecule has 0 aromatic heterocycles. The lowest BCUT2D eigenvalue weighted by molar-refractivity contribution is -0.120. The van der Waals surface area contributed by atoms with Crippen molar-refractivity contribution in [2.45, 2.75) is 25.9 Å². The second-order valence-corrected chi connectivity index (χ2v) is 7.63. The van der Waals surface area contributed by atoms with E-state index in [-0.39, 0.29) is 36.3 Å². The maximum atomic E-state index is 13.3. The molecule has 3 aromatic carbocycles. The predicted molar refractivity (Wildman–Crippen MR) is 113 cm³/mol. The van der Waals surface area contributed by atoms with Gasteiger partial charge in [0.2, 0.25) is 5.91 Å². The summed E-state index contributed by atoms with van der Waals surface area (Å²) in [6, 6.07) is 16.3. The van der Waals surface area contributed by atoms with Crippen molar-refractivity contribution < 1.29 is 23.1 Å². The summed E-state index contributed by atoms with van der Waals surface area (Å²) < 4.78 is 32.5. The fourth-order valence-corrected chi connectivity index (χ4v) is 3.83. The molecule has 0 aliphatic carbocycles. The first-order valence-corrected chi connectivity index (χ1v) is 10.0. The molecule has 0 fully saturated rings. The van der Waals surface area contributed by atoms with Crippen molar-refractivity contribution in [1.82, 2.24) is 5.32 Å². The van der Waals surface area contributed by atoms with E-state index in [1.54, 1.807) is 6.92 Å². The molecule has 3 aromatic rings. The van der Waals surface area contributed by atoms with Crippen LogP contribution in [-0.4, -0.2) is 24.3 Å². The van der Waals surface area contributed by atoms with Gasteiger partial charge in [-0.2, -0.15) is 0 Å². The van der Waals surface area contributed by atoms with Crippen LogP contribution in [0.4, 0.5) is 8.78 Å². The van der Waals surface area contributed by atoms with Crippen LogP contribution in [0.5, 0.6) is 5.75 Å². The third kappa shape index (κ3) is 4.79. The van der Waals surface area contributed by atoms with Gasteiger partial charge in [0.05, 0.1) is 13.0 Å². The second kappa shape index (κ2) is 8.68. The van der Waals surface area contributed by atoms with Crippen molar-refractivity contribution in [3.8, 4) is 16.9 Å². The third-order valence-electron chi connectivity index (χ3n) is 5.23. The molecule has 0 spiro atoms. The predicted octanol–water partition coefficient (Wildman–Crippen LogP) is 4.50. The van der Waals surface area contributed by atoms with Crippen LogP contribution in [0.2, 0.25) is 0 Å². The number of ether oxygens (including phenoxy) is 1. The Bertz CT molecular complexity index is 1140. The lowest BCUT2D eigenvalue weighted by Crippen LogP contribution is -2.35. The number of hydrogen-bond donors (Lipinski definition) is 1. The lowest BCUT2D eigenvalue weighted by Gasteiger charge is -2.12. The first-order valence-electron chi connectivity index (χ1n) is 10.0. The Morgan fingerprint density at radius 2 is 1.77 bits per heavy atom. The average molecular weight is 421 g/mol. The number of nitrogens with one attached hydrogen (secondary N) is 1. The molecule has 1 N–H and O–H groups in total. The molecular formula is C25H21F2NO3. The van der Waals surface area contributed by atoms with E-state index in [0.717, 1.165) is 40.6 Å². The first kappa shape index (κ1) is 20.7. The molecule has 1 amide bonds. The SMILES string of the molecule is CC(=O)c1ccccc1-c1ccc2c(c1)CC(CNC(=O)Cc1cc(F)cc(F)c1)O2. The van der Waals surface area contributed by atoms with Gasteiger partial charge < -0.3 is 10.1 Å². The number of hydrogen-bond acceptors (Lipinski definition) is 3. The summed E-state index contributed by atoms with van der Waals surface area (Å²) >= 11 is 0. The minimum atomic E-state index is -0.709. The van der Waals surface area contributed by atoms with Gasteiger partial charge in [-0.25, -0.2) is 8.78 Å². The molecule has 6 heteroatoms. The van der Waals surface area contributed by atoms with E-state index in [1.807, 2.05) is 42.5 Å². The molecular weight excluding hydrogens is 400 g/mol. The van der Waals surface area contributed by atoms with Crippen LogP contribution < -0.4 is 10.1 Å². The van der Waals surface area contributed by atoms with Gasteiger partial charge in [-0.15, -0.1) is 0 Å². The molecule has 0 saturated heterocycles. The highest BCUT2D eigenvalue weighted by Crippen LogP contribution is 2.34. The van der Waals surface area contributed by atoms with E-state index >= 15 is 0 Å². The highest BCUT2D eigenvalue weighted by molar-refractivity contribution is 6.00. The van der Waals surface area contributed by atoms with Gasteiger partial charge in [0.1, 0.15) is 23.5 Å². The van der Waals surface area contributed by atoms with Gasteiger partial charge in [0.15, 0.2) is 5.78 Å². The lowest BCUT2D eigenvalue weighted by atomic mass is 9.95. The van der Waals surface area contributed by atoms with E-state index in [1.165, 1.54) is 0 Å². The van der Waals surface area contributed by atoms with E-state index in [0.29, 0.717) is 12.0 Å². The molecule has 4 nitrogen and oxygen atoms in total. The summed E-state index contributed by atoms with van der Waals surface area (Å²) in [4.78, 5) is 24.1. The first-order chi connectivity index (χ1) is 14.9. The number of carbonyl (C=O) groups excluding carboxylic acids is 2. The summed E-state index contributed by atoms with van der Waals surface area (Å²) in [5, 5.41) is 2.76. The maximum Gasteiger partial charge on any atom is 0.224 e. The molecule has 1 heterocycles. The zero-order valence-corrected chi connectivity index (χ0v) is 17.0. The number of Topliss-reactive ketones (excluding diaryl/α,β-unsaturated/α-hetero) is 1. The van der Waals surface area contributed by atoms with Crippen LogP contribution in [-0.2, 0) is 17.6 Å². The summed E-state index contributed by atoms with van der Waals surface area (Å²) in [6.07, 6.45) is 0.266. The normalized spacial score (nSPS) is 14.6. The Hall–Kier alpha value is -3.54. The molecule has 1 aliphatic heterocycles. The van der Waals surface area contributed by atoms with Crippen molar-refractivity contribution in [1.29, 1.82) is 0 Å². The molecule has 0 bridgehead atoms. The fraction of sp³-hybridized carbons (Fsp3) is 0.200. The molecule has 0 radical (unpaired) electrons. The van der Waals surface area contributed by atoms with Gasteiger partial charge in [0, 0.05) is 18.1 Å². The number of rotatable bonds is 6. The number of carbonyl (C=O) groups is 2. The molecule has 1 atom stereocenters. The number of ketones is 1. The average Bonchev–Trinajstić information content (AvgIpc) is 3.13. The summed E-state index contributed by atoms with van der Waals surface area (Å²) in [7, 11) is 0.